The average Bonchev–Trinajstić information content (AvgIpc) is 3.44. The van der Waals surface area contributed by atoms with Crippen molar-refractivity contribution in [3.8, 4) is 35.5 Å². The van der Waals surface area contributed by atoms with E-state index in [0.29, 0.717) is 76.1 Å². The molecule has 9 heterocycles. The van der Waals surface area contributed by atoms with Crippen molar-refractivity contribution in [2.75, 3.05) is 0 Å². The SMILES string of the molecule is CC1(C)CC(F)c2nc3cc(C#Cc4ccccn4)ccc3c(=O)n2C1.CC1Cn2c(nc3cc(C#Cc4ccccn4)ccc3c2=O)CO1.CCC1CCCc2nc3cc(C#Cc4ccccn4)ccc3c(=O)n21. The highest BCUT2D eigenvalue weighted by Crippen LogP contribution is 2.38. The molecule has 0 spiro atoms. The Hall–Kier alpha value is -8.90. The van der Waals surface area contributed by atoms with Gasteiger partial charge in [0.05, 0.1) is 45.4 Å². The number of rotatable bonds is 1. The molecule has 0 fully saturated rings. The standard InChI is InChI=1S/C21H18FN3O.C21H19N3O.C19H15N3O2/c1-21(2)12-17(22)19-24-18-11-14(6-8-15-5-3-4-10-23-15)7-9-16(18)20(26)25(19)13-21;1-2-17-7-5-8-20-23-19-14-15(9-11-16-6-3-4-13-22-16)10-12-18(19)21(25)24(17)20;1-13-11-22-18(12-24-13)21-17-10-14(6-8-16(17)19(22)23)5-7-15-4-2-3-9-20-15/h3-5,7,9-11,17H,12-13H2,1-2H3;3-4,6,10,12-14,17H,2,5,7-8H2,1H3;2-4,6,8-10,13H,11-12H2,1H3. The quantitative estimate of drug-likeness (QED) is 0.146. The number of benzene rings is 3. The maximum Gasteiger partial charge on any atom is 0.261 e. The minimum absolute atomic E-state index is 0.0191. The largest absolute Gasteiger partial charge is 0.369 e. The van der Waals surface area contributed by atoms with Crippen LogP contribution in [0.3, 0.4) is 0 Å². The van der Waals surface area contributed by atoms with Crippen molar-refractivity contribution in [1.82, 2.24) is 43.6 Å². The van der Waals surface area contributed by atoms with Gasteiger partial charge in [0.15, 0.2) is 6.17 Å². The van der Waals surface area contributed by atoms with Gasteiger partial charge in [-0.1, -0.05) is 56.7 Å². The summed E-state index contributed by atoms with van der Waals surface area (Å²) >= 11 is 0. The molecular weight excluding hydrogens is 942 g/mol. The third kappa shape index (κ3) is 11.2. The first-order chi connectivity index (χ1) is 36.4. The zero-order valence-corrected chi connectivity index (χ0v) is 42.0. The topological polar surface area (TPSA) is 153 Å². The predicted octanol–water partition coefficient (Wildman–Crippen LogP) is 9.22. The van der Waals surface area contributed by atoms with Crippen molar-refractivity contribution in [1.29, 1.82) is 0 Å². The van der Waals surface area contributed by atoms with Gasteiger partial charge < -0.3 is 4.74 Å². The van der Waals surface area contributed by atoms with Gasteiger partial charge in [0.1, 0.15) is 41.2 Å². The van der Waals surface area contributed by atoms with Gasteiger partial charge in [-0.3, -0.25) is 28.1 Å². The summed E-state index contributed by atoms with van der Waals surface area (Å²) in [7, 11) is 0. The van der Waals surface area contributed by atoms with E-state index in [4.69, 9.17) is 9.72 Å². The number of alkyl halides is 1. The summed E-state index contributed by atoms with van der Waals surface area (Å²) in [5.41, 5.74) is 5.94. The van der Waals surface area contributed by atoms with Crippen LogP contribution in [0, 0.1) is 40.9 Å². The Morgan fingerprint density at radius 2 is 1.12 bits per heavy atom. The molecule has 75 heavy (non-hydrogen) atoms. The monoisotopic (exact) mass is 993 g/mol. The Morgan fingerprint density at radius 3 is 1.63 bits per heavy atom. The van der Waals surface area contributed by atoms with Gasteiger partial charge in [-0.2, -0.15) is 0 Å². The third-order valence-corrected chi connectivity index (χ3v) is 13.3. The van der Waals surface area contributed by atoms with Gasteiger partial charge in [0.2, 0.25) is 0 Å². The van der Waals surface area contributed by atoms with E-state index in [2.05, 4.69) is 67.4 Å². The summed E-state index contributed by atoms with van der Waals surface area (Å²) in [6.45, 7) is 9.40. The molecule has 6 aromatic heterocycles. The van der Waals surface area contributed by atoms with E-state index < -0.39 is 6.17 Å². The summed E-state index contributed by atoms with van der Waals surface area (Å²) < 4.78 is 25.3. The zero-order valence-electron chi connectivity index (χ0n) is 42.0. The maximum absolute atomic E-state index is 14.6. The van der Waals surface area contributed by atoms with Crippen LogP contribution in [-0.4, -0.2) is 49.7 Å². The van der Waals surface area contributed by atoms with Crippen molar-refractivity contribution in [2.24, 2.45) is 5.41 Å². The highest BCUT2D eigenvalue weighted by molar-refractivity contribution is 5.81. The van der Waals surface area contributed by atoms with Gasteiger partial charge in [0, 0.05) is 54.3 Å². The van der Waals surface area contributed by atoms with Crippen LogP contribution in [0.1, 0.15) is 117 Å². The second kappa shape index (κ2) is 21.7. The van der Waals surface area contributed by atoms with E-state index in [1.807, 2.05) is 110 Å². The number of pyridine rings is 3. The molecule has 0 radical (unpaired) electrons. The average molecular weight is 994 g/mol. The molecule has 9 aromatic rings. The number of halogens is 1. The van der Waals surface area contributed by atoms with E-state index in [-0.39, 0.29) is 40.1 Å². The van der Waals surface area contributed by atoms with Gasteiger partial charge in [-0.05, 0) is 147 Å². The lowest BCUT2D eigenvalue weighted by molar-refractivity contribution is 0.0117. The molecule has 0 saturated carbocycles. The highest BCUT2D eigenvalue weighted by Gasteiger charge is 2.34. The number of aromatic nitrogens is 9. The van der Waals surface area contributed by atoms with Gasteiger partial charge >= 0.3 is 0 Å². The van der Waals surface area contributed by atoms with Crippen LogP contribution in [0.2, 0.25) is 0 Å². The van der Waals surface area contributed by atoms with Gasteiger partial charge in [-0.15, -0.1) is 0 Å². The van der Waals surface area contributed by atoms with E-state index in [1.54, 1.807) is 47.4 Å². The number of ether oxygens (including phenoxy) is 1. The summed E-state index contributed by atoms with van der Waals surface area (Å²) in [5, 5.41) is 1.77. The predicted molar refractivity (Wildman–Crippen MR) is 287 cm³/mol. The molecule has 0 saturated heterocycles. The Kier molecular flexibility index (Phi) is 14.4. The maximum atomic E-state index is 14.6. The third-order valence-electron chi connectivity index (χ3n) is 13.3. The molecule has 3 aliphatic rings. The van der Waals surface area contributed by atoms with Crippen LogP contribution in [0.5, 0.6) is 0 Å². The van der Waals surface area contributed by atoms with Crippen LogP contribution >= 0.6 is 0 Å². The second-order valence-electron chi connectivity index (χ2n) is 19.5. The molecule has 0 N–H and O–H groups in total. The molecule has 12 rings (SSSR count). The second-order valence-corrected chi connectivity index (χ2v) is 19.5. The molecular formula is C61H52FN9O4. The smallest absolute Gasteiger partial charge is 0.261 e. The van der Waals surface area contributed by atoms with Crippen LogP contribution in [0.15, 0.2) is 142 Å². The lowest BCUT2D eigenvalue weighted by Crippen LogP contribution is -2.37. The van der Waals surface area contributed by atoms with E-state index in [0.717, 1.165) is 53.8 Å². The van der Waals surface area contributed by atoms with E-state index in [1.165, 1.54) is 4.57 Å². The molecule has 0 aliphatic carbocycles. The van der Waals surface area contributed by atoms with Crippen molar-refractivity contribution < 1.29 is 9.13 Å². The van der Waals surface area contributed by atoms with Gasteiger partial charge in [0.25, 0.3) is 16.7 Å². The molecule has 372 valence electrons. The first kappa shape index (κ1) is 49.7. The number of nitrogens with zero attached hydrogens (tertiary/aromatic N) is 9. The lowest BCUT2D eigenvalue weighted by Gasteiger charge is -2.33. The zero-order chi connectivity index (χ0) is 52.1. The summed E-state index contributed by atoms with van der Waals surface area (Å²) in [6.07, 6.45) is 8.26. The highest BCUT2D eigenvalue weighted by atomic mass is 19.1. The number of hydrogen-bond acceptors (Lipinski definition) is 10. The van der Waals surface area contributed by atoms with Crippen molar-refractivity contribution >= 4 is 32.7 Å². The molecule has 3 atom stereocenters. The fourth-order valence-electron chi connectivity index (χ4n) is 9.55. The Bertz CT molecular complexity index is 4010. The molecule has 14 heteroatoms. The van der Waals surface area contributed by atoms with Crippen LogP contribution < -0.4 is 16.7 Å². The minimum atomic E-state index is -1.24. The number of hydrogen-bond donors (Lipinski definition) is 0. The fourth-order valence-corrected chi connectivity index (χ4v) is 9.55. The van der Waals surface area contributed by atoms with Gasteiger partial charge in [-0.25, -0.2) is 34.3 Å². The van der Waals surface area contributed by atoms with Crippen molar-refractivity contribution in [2.45, 2.75) is 97.8 Å². The van der Waals surface area contributed by atoms with Crippen LogP contribution in [0.4, 0.5) is 4.39 Å². The van der Waals surface area contributed by atoms with Crippen LogP contribution in [-0.2, 0) is 30.9 Å². The summed E-state index contributed by atoms with van der Waals surface area (Å²) in [4.78, 5) is 64.7. The molecule has 13 nitrogen and oxygen atoms in total. The molecule has 3 unspecified atom stereocenters. The summed E-state index contributed by atoms with van der Waals surface area (Å²) in [6, 6.07) is 33.4. The van der Waals surface area contributed by atoms with Crippen molar-refractivity contribution in [3.05, 3.63) is 210 Å². The number of fused-ring (bicyclic) bond motifs is 6. The Balaban J connectivity index is 0.000000128. The van der Waals surface area contributed by atoms with E-state index in [9.17, 15) is 18.8 Å². The van der Waals surface area contributed by atoms with Crippen LogP contribution in [0.25, 0.3) is 32.7 Å². The van der Waals surface area contributed by atoms with E-state index >= 15 is 0 Å². The Labute approximate surface area is 432 Å². The summed E-state index contributed by atoms with van der Waals surface area (Å²) in [5.74, 6) is 20.0. The fraction of sp³-hybridized carbons (Fsp3) is 0.262. The lowest BCUT2D eigenvalue weighted by atomic mass is 9.84. The molecule has 3 aromatic carbocycles. The molecule has 0 amide bonds. The molecule has 3 aliphatic heterocycles. The first-order valence-electron chi connectivity index (χ1n) is 25.1. The first-order valence-corrected chi connectivity index (χ1v) is 25.1. The Morgan fingerprint density at radius 1 is 0.627 bits per heavy atom. The minimum Gasteiger partial charge on any atom is -0.369 e. The normalized spacial score (nSPS) is 16.8. The number of aryl methyl sites for hydroxylation is 1. The molecule has 0 bridgehead atoms. The van der Waals surface area contributed by atoms with Crippen molar-refractivity contribution in [3.63, 3.8) is 0 Å².